The fraction of sp³-hybridized carbons (Fsp3) is 0.367. The van der Waals surface area contributed by atoms with Crippen molar-refractivity contribution in [2.24, 2.45) is 10.8 Å². The minimum atomic E-state index is -1.18. The highest BCUT2D eigenvalue weighted by Gasteiger charge is 2.81. The van der Waals surface area contributed by atoms with Gasteiger partial charge in [0.1, 0.15) is 17.1 Å². The maximum absolute atomic E-state index is 11.6. The quantitative estimate of drug-likeness (QED) is 0.329. The van der Waals surface area contributed by atoms with Crippen molar-refractivity contribution in [2.45, 2.75) is 46.0 Å². The lowest BCUT2D eigenvalue weighted by atomic mass is 9.57. The molecule has 0 bridgehead atoms. The Balaban J connectivity index is 1.58. The van der Waals surface area contributed by atoms with Crippen molar-refractivity contribution in [3.63, 3.8) is 0 Å². The van der Waals surface area contributed by atoms with E-state index in [2.05, 4.69) is 34.6 Å². The first-order chi connectivity index (χ1) is 17.6. The molecule has 4 aromatic rings. The van der Waals surface area contributed by atoms with E-state index < -0.39 is 11.4 Å². The van der Waals surface area contributed by atoms with Crippen LogP contribution >= 0.6 is 0 Å². The Kier molecular flexibility index (Phi) is 5.06. The molecule has 3 heterocycles. The average molecular weight is 501 g/mol. The Morgan fingerprint density at radius 1 is 0.973 bits per heavy atom. The van der Waals surface area contributed by atoms with Crippen LogP contribution in [-0.4, -0.2) is 34.0 Å². The number of phenolic OH excluding ortho intramolecular Hbond substituents is 1. The third kappa shape index (κ3) is 3.02. The highest BCUT2D eigenvalue weighted by atomic mass is 17.3. The first-order valence-electron chi connectivity index (χ1n) is 12.5. The third-order valence-corrected chi connectivity index (χ3v) is 7.87. The molecule has 2 atom stereocenters. The number of phenols is 1. The number of imidazole rings is 1. The highest BCUT2D eigenvalue weighted by molar-refractivity contribution is 5.86. The van der Waals surface area contributed by atoms with Crippen molar-refractivity contribution in [3.05, 3.63) is 72.3 Å². The topological polar surface area (TPSA) is 75.0 Å². The van der Waals surface area contributed by atoms with Crippen LogP contribution in [0.5, 0.6) is 11.5 Å². The predicted molar refractivity (Wildman–Crippen MR) is 140 cm³/mol. The molecule has 2 aliphatic rings. The molecule has 6 rings (SSSR count). The molecule has 7 heteroatoms. The van der Waals surface area contributed by atoms with Crippen molar-refractivity contribution in [2.75, 3.05) is 13.7 Å². The molecule has 0 spiro atoms. The number of fused-ring (bicyclic) bond motifs is 2. The third-order valence-electron chi connectivity index (χ3n) is 7.87. The van der Waals surface area contributed by atoms with Gasteiger partial charge in [-0.25, -0.2) is 9.87 Å². The fourth-order valence-electron chi connectivity index (χ4n) is 6.45. The second kappa shape index (κ2) is 7.81. The second-order valence-corrected chi connectivity index (χ2v) is 11.6. The summed E-state index contributed by atoms with van der Waals surface area (Å²) in [5.41, 5.74) is 2.36. The van der Waals surface area contributed by atoms with E-state index in [-0.39, 0.29) is 16.6 Å². The van der Waals surface area contributed by atoms with Crippen LogP contribution < -0.4 is 4.74 Å². The Morgan fingerprint density at radius 3 is 2.32 bits per heavy atom. The van der Waals surface area contributed by atoms with Gasteiger partial charge in [0, 0.05) is 22.1 Å². The SMILES string of the molecule is COc1cc(C23OCC(C)(C)C2(C(C)(C)C)OO3)cc(O)c1-c1nc2ccccc2n1-c1ccccc1. The molecule has 2 saturated heterocycles. The zero-order valence-corrected chi connectivity index (χ0v) is 22.0. The van der Waals surface area contributed by atoms with Crippen molar-refractivity contribution >= 4 is 11.0 Å². The van der Waals surface area contributed by atoms with Crippen molar-refractivity contribution in [1.29, 1.82) is 0 Å². The van der Waals surface area contributed by atoms with Crippen LogP contribution in [0.4, 0.5) is 0 Å². The summed E-state index contributed by atoms with van der Waals surface area (Å²) in [6.45, 7) is 11.0. The van der Waals surface area contributed by atoms with Gasteiger partial charge in [-0.1, -0.05) is 65.0 Å². The molecule has 37 heavy (non-hydrogen) atoms. The zero-order chi connectivity index (χ0) is 26.2. The number of methoxy groups -OCH3 is 1. The normalized spacial score (nSPS) is 24.6. The van der Waals surface area contributed by atoms with Crippen LogP contribution in [0.2, 0.25) is 0 Å². The summed E-state index contributed by atoms with van der Waals surface area (Å²) < 4.78 is 14.3. The van der Waals surface area contributed by atoms with Crippen LogP contribution in [-0.2, 0) is 20.3 Å². The molecule has 2 fully saturated rings. The van der Waals surface area contributed by atoms with Crippen LogP contribution in [0.3, 0.4) is 0 Å². The summed E-state index contributed by atoms with van der Waals surface area (Å²) >= 11 is 0. The summed E-state index contributed by atoms with van der Waals surface area (Å²) in [7, 11) is 1.59. The number of hydrogen-bond donors (Lipinski definition) is 1. The molecule has 2 aliphatic heterocycles. The number of aromatic hydroxyl groups is 1. The lowest BCUT2D eigenvalue weighted by Gasteiger charge is -2.61. The van der Waals surface area contributed by atoms with E-state index in [4.69, 9.17) is 24.2 Å². The number of aromatic nitrogens is 2. The lowest BCUT2D eigenvalue weighted by molar-refractivity contribution is -0.626. The van der Waals surface area contributed by atoms with Gasteiger partial charge in [-0.3, -0.25) is 4.57 Å². The summed E-state index contributed by atoms with van der Waals surface area (Å²) in [5, 5.41) is 11.6. The van der Waals surface area contributed by atoms with Crippen LogP contribution in [0.25, 0.3) is 28.1 Å². The predicted octanol–water partition coefficient (Wildman–Crippen LogP) is 6.36. The molecule has 2 unspecified atom stereocenters. The molecular formula is C30H32N2O5. The maximum atomic E-state index is 11.6. The van der Waals surface area contributed by atoms with E-state index in [1.165, 1.54) is 0 Å². The van der Waals surface area contributed by atoms with Gasteiger partial charge in [-0.15, -0.1) is 0 Å². The van der Waals surface area contributed by atoms with Gasteiger partial charge in [0.2, 0.25) is 0 Å². The summed E-state index contributed by atoms with van der Waals surface area (Å²) in [4.78, 5) is 16.7. The van der Waals surface area contributed by atoms with E-state index in [1.807, 2.05) is 65.2 Å². The Labute approximate surface area is 216 Å². The monoisotopic (exact) mass is 500 g/mol. The van der Waals surface area contributed by atoms with Crippen molar-refractivity contribution in [3.8, 4) is 28.6 Å². The highest BCUT2D eigenvalue weighted by Crippen LogP contribution is 2.69. The van der Waals surface area contributed by atoms with E-state index in [1.54, 1.807) is 13.2 Å². The number of hydrogen-bond acceptors (Lipinski definition) is 6. The molecule has 192 valence electrons. The zero-order valence-electron chi connectivity index (χ0n) is 22.0. The molecular weight excluding hydrogens is 468 g/mol. The summed E-state index contributed by atoms with van der Waals surface area (Å²) in [6.07, 6.45) is 0. The molecule has 1 aromatic heterocycles. The van der Waals surface area contributed by atoms with Crippen LogP contribution in [0.1, 0.15) is 40.2 Å². The van der Waals surface area contributed by atoms with Crippen LogP contribution in [0, 0.1) is 10.8 Å². The number of rotatable bonds is 4. The fourth-order valence-corrected chi connectivity index (χ4v) is 6.45. The van der Waals surface area contributed by atoms with Gasteiger partial charge in [-0.2, -0.15) is 4.89 Å². The maximum Gasteiger partial charge on any atom is 0.261 e. The van der Waals surface area contributed by atoms with Gasteiger partial charge in [0.15, 0.2) is 11.4 Å². The van der Waals surface area contributed by atoms with E-state index in [9.17, 15) is 5.11 Å². The number of para-hydroxylation sites is 3. The molecule has 1 N–H and O–H groups in total. The van der Waals surface area contributed by atoms with Crippen LogP contribution in [0.15, 0.2) is 66.7 Å². The van der Waals surface area contributed by atoms with Gasteiger partial charge >= 0.3 is 0 Å². The summed E-state index contributed by atoms with van der Waals surface area (Å²) in [6, 6.07) is 21.4. The Morgan fingerprint density at radius 2 is 1.68 bits per heavy atom. The van der Waals surface area contributed by atoms with E-state index in [0.29, 0.717) is 29.3 Å². The Bertz CT molecular complexity index is 1500. The number of nitrogens with zero attached hydrogens (tertiary/aromatic N) is 2. The minimum absolute atomic E-state index is 0.0165. The summed E-state index contributed by atoms with van der Waals surface area (Å²) in [5.74, 6) is -0.130. The largest absolute Gasteiger partial charge is 0.507 e. The van der Waals surface area contributed by atoms with Gasteiger partial charge in [-0.05, 0) is 36.4 Å². The molecule has 7 nitrogen and oxygen atoms in total. The van der Waals surface area contributed by atoms with Crippen molar-refractivity contribution in [1.82, 2.24) is 9.55 Å². The van der Waals surface area contributed by atoms with Gasteiger partial charge in [0.25, 0.3) is 5.79 Å². The second-order valence-electron chi connectivity index (χ2n) is 11.6. The lowest BCUT2D eigenvalue weighted by Crippen LogP contribution is -2.73. The van der Waals surface area contributed by atoms with E-state index >= 15 is 0 Å². The smallest absolute Gasteiger partial charge is 0.261 e. The molecule has 0 radical (unpaired) electrons. The molecule has 0 aliphatic carbocycles. The van der Waals surface area contributed by atoms with E-state index in [0.717, 1.165) is 16.7 Å². The van der Waals surface area contributed by atoms with Gasteiger partial charge in [0.05, 0.1) is 24.8 Å². The number of ether oxygens (including phenoxy) is 2. The number of benzene rings is 3. The minimum Gasteiger partial charge on any atom is -0.507 e. The average Bonchev–Trinajstić information content (AvgIpc) is 3.28. The van der Waals surface area contributed by atoms with Gasteiger partial charge < -0.3 is 14.6 Å². The molecule has 3 aromatic carbocycles. The first kappa shape index (κ1) is 24.0. The standard InChI is InChI=1S/C30H32N2O5/c1-27(2,3)30-28(4,5)18-35-29(30,36-37-30)19-16-23(33)25(24(17-19)34-6)26-31-21-14-10-11-15-22(21)32(26)20-12-8-7-9-13-20/h7-17,33H,18H2,1-6H3. The first-order valence-corrected chi connectivity index (χ1v) is 12.5. The Hall–Kier alpha value is -3.39. The molecule has 0 saturated carbocycles. The molecule has 0 amide bonds. The van der Waals surface area contributed by atoms with Crippen molar-refractivity contribution < 1.29 is 24.4 Å².